The van der Waals surface area contributed by atoms with Crippen molar-refractivity contribution >= 4 is 26.0 Å². The van der Waals surface area contributed by atoms with E-state index in [0.717, 1.165) is 0 Å². The quantitative estimate of drug-likeness (QED) is 0.699. The van der Waals surface area contributed by atoms with Crippen LogP contribution in [0.15, 0.2) is 9.63 Å². The lowest BCUT2D eigenvalue weighted by atomic mass is 10.7. The van der Waals surface area contributed by atoms with Gasteiger partial charge in [-0.05, 0) is 22.9 Å². The van der Waals surface area contributed by atoms with Gasteiger partial charge in [0.05, 0.1) is 6.61 Å². The van der Waals surface area contributed by atoms with Crippen molar-refractivity contribution in [1.29, 1.82) is 0 Å². The number of ether oxygens (including phenoxy) is 1. The zero-order chi connectivity index (χ0) is 13.1. The molecule has 0 aromatic carbocycles. The molecule has 7 nitrogen and oxygen atoms in total. The highest BCUT2D eigenvalue weighted by atomic mass is 79.9. The first kappa shape index (κ1) is 14.6. The maximum absolute atomic E-state index is 12.2. The van der Waals surface area contributed by atoms with Gasteiger partial charge >= 0.3 is 0 Å². The number of halogens is 1. The first-order valence-corrected chi connectivity index (χ1v) is 7.23. The van der Waals surface area contributed by atoms with Crippen molar-refractivity contribution in [2.75, 3.05) is 26.8 Å². The first-order chi connectivity index (χ1) is 7.91. The Morgan fingerprint density at radius 1 is 1.53 bits per heavy atom. The van der Waals surface area contributed by atoms with Crippen molar-refractivity contribution in [2.24, 2.45) is 7.05 Å². The normalized spacial score (nSPS) is 12.3. The zero-order valence-electron chi connectivity index (χ0n) is 9.92. The van der Waals surface area contributed by atoms with Gasteiger partial charge in [-0.2, -0.15) is 4.31 Å². The van der Waals surface area contributed by atoms with E-state index in [1.54, 1.807) is 0 Å². The zero-order valence-corrected chi connectivity index (χ0v) is 12.3. The van der Waals surface area contributed by atoms with Crippen LogP contribution < -0.4 is 0 Å². The number of likely N-dealkylation sites (N-methyl/N-ethyl adjacent to an activating group) is 1. The van der Waals surface area contributed by atoms with E-state index in [2.05, 4.69) is 26.2 Å². The number of hydrogen-bond acceptors (Lipinski definition) is 5. The summed E-state index contributed by atoms with van der Waals surface area (Å²) in [5, 5.41) is 7.34. The molecule has 0 saturated carbocycles. The van der Waals surface area contributed by atoms with E-state index in [1.807, 2.05) is 6.92 Å². The largest absolute Gasteiger partial charge is 0.380 e. The fraction of sp³-hybridized carbons (Fsp3) is 0.750. The predicted octanol–water partition coefficient (Wildman–Crippen LogP) is 0.235. The fourth-order valence-corrected chi connectivity index (χ4v) is 3.38. The molecule has 0 saturated heterocycles. The number of nitrogens with zero attached hydrogens (tertiary/aromatic N) is 4. The van der Waals surface area contributed by atoms with E-state index in [-0.39, 0.29) is 16.2 Å². The van der Waals surface area contributed by atoms with Crippen LogP contribution in [0.1, 0.15) is 6.92 Å². The summed E-state index contributed by atoms with van der Waals surface area (Å²) in [6, 6.07) is 0. The molecule has 0 bridgehead atoms. The third kappa shape index (κ3) is 3.24. The van der Waals surface area contributed by atoms with Crippen LogP contribution in [0, 0.1) is 0 Å². The highest BCUT2D eigenvalue weighted by Gasteiger charge is 2.28. The Morgan fingerprint density at radius 2 is 2.18 bits per heavy atom. The second-order valence-corrected chi connectivity index (χ2v) is 6.04. The predicted molar refractivity (Wildman–Crippen MR) is 65.0 cm³/mol. The van der Waals surface area contributed by atoms with E-state index >= 15 is 0 Å². The molecule has 17 heavy (non-hydrogen) atoms. The third-order valence-electron chi connectivity index (χ3n) is 2.15. The van der Waals surface area contributed by atoms with Gasteiger partial charge in [0, 0.05) is 27.2 Å². The lowest BCUT2D eigenvalue weighted by Gasteiger charge is -2.16. The lowest BCUT2D eigenvalue weighted by Crippen LogP contribution is -2.31. The monoisotopic (exact) mass is 326 g/mol. The van der Waals surface area contributed by atoms with Crippen LogP contribution in [0.4, 0.5) is 0 Å². The number of hydrogen-bond donors (Lipinski definition) is 0. The molecular weight excluding hydrogens is 312 g/mol. The summed E-state index contributed by atoms with van der Waals surface area (Å²) in [4.78, 5) is 0. The fourth-order valence-electron chi connectivity index (χ4n) is 1.20. The molecule has 1 aromatic heterocycles. The Bertz CT molecular complexity index is 454. The second kappa shape index (κ2) is 5.89. The van der Waals surface area contributed by atoms with Gasteiger partial charge in [-0.1, -0.05) is 5.21 Å². The van der Waals surface area contributed by atoms with Crippen LogP contribution >= 0.6 is 15.9 Å². The van der Waals surface area contributed by atoms with Gasteiger partial charge in [-0.15, -0.1) is 5.10 Å². The van der Waals surface area contributed by atoms with E-state index in [9.17, 15) is 8.42 Å². The van der Waals surface area contributed by atoms with Crippen LogP contribution in [-0.4, -0.2) is 54.5 Å². The van der Waals surface area contributed by atoms with Gasteiger partial charge in [-0.3, -0.25) is 0 Å². The molecule has 0 aliphatic heterocycles. The second-order valence-electron chi connectivity index (χ2n) is 3.33. The summed E-state index contributed by atoms with van der Waals surface area (Å²) < 4.78 is 32.1. The molecule has 0 N–H and O–H groups in total. The maximum atomic E-state index is 12.2. The van der Waals surface area contributed by atoms with Crippen LogP contribution in [0.25, 0.3) is 0 Å². The Hall–Kier alpha value is -0.510. The Balaban J connectivity index is 2.88. The molecule has 0 unspecified atom stereocenters. The minimum absolute atomic E-state index is 0.0384. The minimum atomic E-state index is -3.59. The molecule has 0 aliphatic rings. The Morgan fingerprint density at radius 3 is 2.65 bits per heavy atom. The van der Waals surface area contributed by atoms with Gasteiger partial charge in [0.25, 0.3) is 10.0 Å². The van der Waals surface area contributed by atoms with E-state index in [0.29, 0.717) is 13.2 Å². The van der Waals surface area contributed by atoms with Gasteiger partial charge in [-0.25, -0.2) is 13.1 Å². The average Bonchev–Trinajstić information content (AvgIpc) is 2.59. The summed E-state index contributed by atoms with van der Waals surface area (Å²) in [6.45, 7) is 3.06. The van der Waals surface area contributed by atoms with Crippen LogP contribution in [-0.2, 0) is 21.8 Å². The molecule has 9 heteroatoms. The van der Waals surface area contributed by atoms with Crippen molar-refractivity contribution in [3.05, 3.63) is 4.60 Å². The SMILES string of the molecule is CCOCCN(C)S(=O)(=O)c1c(Br)nnn1C. The highest BCUT2D eigenvalue weighted by Crippen LogP contribution is 2.20. The number of rotatable bonds is 6. The van der Waals surface area contributed by atoms with Crippen molar-refractivity contribution in [3.8, 4) is 0 Å². The first-order valence-electron chi connectivity index (χ1n) is 5.00. The molecule has 0 fully saturated rings. The maximum Gasteiger partial charge on any atom is 0.262 e. The van der Waals surface area contributed by atoms with Crippen molar-refractivity contribution < 1.29 is 13.2 Å². The minimum Gasteiger partial charge on any atom is -0.380 e. The third-order valence-corrected chi connectivity index (χ3v) is 4.89. The smallest absolute Gasteiger partial charge is 0.262 e. The van der Waals surface area contributed by atoms with Gasteiger partial charge < -0.3 is 4.74 Å². The van der Waals surface area contributed by atoms with Gasteiger partial charge in [0.15, 0.2) is 4.60 Å². The van der Waals surface area contributed by atoms with Crippen LogP contribution in [0.2, 0.25) is 0 Å². The van der Waals surface area contributed by atoms with E-state index in [4.69, 9.17) is 4.74 Å². The summed E-state index contributed by atoms with van der Waals surface area (Å²) >= 11 is 3.07. The molecule has 0 spiro atoms. The molecule has 1 aromatic rings. The Kier molecular flexibility index (Phi) is 5.04. The summed E-state index contributed by atoms with van der Waals surface area (Å²) in [5.74, 6) is 0. The highest BCUT2D eigenvalue weighted by molar-refractivity contribution is 9.10. The molecule has 0 radical (unpaired) electrons. The van der Waals surface area contributed by atoms with E-state index in [1.165, 1.54) is 23.1 Å². The van der Waals surface area contributed by atoms with Crippen molar-refractivity contribution in [3.63, 3.8) is 0 Å². The van der Waals surface area contributed by atoms with Crippen LogP contribution in [0.3, 0.4) is 0 Å². The Labute approximate surface area is 109 Å². The molecular formula is C8H15BrN4O3S. The molecule has 1 heterocycles. The van der Waals surface area contributed by atoms with E-state index < -0.39 is 10.0 Å². The van der Waals surface area contributed by atoms with Gasteiger partial charge in [0.2, 0.25) is 5.03 Å². The summed E-state index contributed by atoms with van der Waals surface area (Å²) in [5.41, 5.74) is 0. The molecule has 1 rings (SSSR count). The molecule has 98 valence electrons. The molecule has 0 amide bonds. The summed E-state index contributed by atoms with van der Waals surface area (Å²) in [7, 11) is -0.570. The number of sulfonamides is 1. The number of aromatic nitrogens is 3. The van der Waals surface area contributed by atoms with Crippen LogP contribution in [0.5, 0.6) is 0 Å². The standard InChI is InChI=1S/C8H15BrN4O3S/c1-4-16-6-5-12(2)17(14,15)8-7(9)10-11-13(8)3/h4-6H2,1-3H3. The topological polar surface area (TPSA) is 77.3 Å². The lowest BCUT2D eigenvalue weighted by molar-refractivity contribution is 0.138. The van der Waals surface area contributed by atoms with Crippen molar-refractivity contribution in [1.82, 2.24) is 19.3 Å². The molecule has 0 atom stereocenters. The average molecular weight is 327 g/mol. The molecule has 0 aliphatic carbocycles. The van der Waals surface area contributed by atoms with Gasteiger partial charge in [0.1, 0.15) is 0 Å². The summed E-state index contributed by atoms with van der Waals surface area (Å²) in [6.07, 6.45) is 0. The van der Waals surface area contributed by atoms with Crippen molar-refractivity contribution in [2.45, 2.75) is 11.9 Å². The number of aryl methyl sites for hydroxylation is 1.